The maximum absolute atomic E-state index is 12.6. The molecule has 0 aliphatic heterocycles. The average Bonchev–Trinajstić information content (AvgIpc) is 2.34. The Balaban J connectivity index is 4.44. The van der Waals surface area contributed by atoms with E-state index in [1.807, 2.05) is 0 Å². The molecule has 1 unspecified atom stereocenters. The van der Waals surface area contributed by atoms with Crippen molar-refractivity contribution in [2.45, 2.75) is 6.42 Å². The summed E-state index contributed by atoms with van der Waals surface area (Å²) in [5.41, 5.74) is 0. The quantitative estimate of drug-likeness (QED) is 0.188. The molecule has 0 aromatic rings. The minimum absolute atomic E-state index is 0.0745. The molecule has 120 valence electrons. The normalized spacial score (nSPS) is 15.2. The maximum atomic E-state index is 12.6. The van der Waals surface area contributed by atoms with Crippen molar-refractivity contribution in [3.63, 3.8) is 0 Å². The molecule has 0 radical (unpaired) electrons. The molecule has 0 aliphatic rings. The average molecular weight is 349 g/mol. The van der Waals surface area contributed by atoms with E-state index in [2.05, 4.69) is 15.8 Å². The van der Waals surface area contributed by atoms with E-state index in [0.717, 1.165) is 6.26 Å². The minimum Gasteiger partial charge on any atom is -0.306 e. The van der Waals surface area contributed by atoms with Gasteiger partial charge in [-0.1, -0.05) is 6.08 Å². The van der Waals surface area contributed by atoms with Gasteiger partial charge in [0, 0.05) is 19.0 Å². The van der Waals surface area contributed by atoms with Gasteiger partial charge in [0.25, 0.3) is 10.1 Å². The van der Waals surface area contributed by atoms with Crippen molar-refractivity contribution in [3.05, 3.63) is 12.7 Å². The van der Waals surface area contributed by atoms with Gasteiger partial charge in [-0.05, 0) is 13.5 Å². The van der Waals surface area contributed by atoms with E-state index >= 15 is 0 Å². The predicted molar refractivity (Wildman–Crippen MR) is 80.5 cm³/mol. The lowest BCUT2D eigenvalue weighted by Gasteiger charge is -2.27. The summed E-state index contributed by atoms with van der Waals surface area (Å²) in [5.74, 6) is 0.298. The van der Waals surface area contributed by atoms with Gasteiger partial charge in [-0.25, -0.2) is 9.76 Å². The van der Waals surface area contributed by atoms with Gasteiger partial charge in [0.1, 0.15) is 0 Å². The van der Waals surface area contributed by atoms with Crippen molar-refractivity contribution in [1.29, 1.82) is 0 Å². The van der Waals surface area contributed by atoms with Gasteiger partial charge in [0.15, 0.2) is 0 Å². The summed E-state index contributed by atoms with van der Waals surface area (Å²) >= 11 is 5.62. The first-order chi connectivity index (χ1) is 9.25. The molecule has 0 aromatic heterocycles. The Hall–Kier alpha value is 0.0500. The van der Waals surface area contributed by atoms with Crippen molar-refractivity contribution in [2.75, 3.05) is 45.5 Å². The van der Waals surface area contributed by atoms with Gasteiger partial charge >= 0.3 is 7.67 Å². The number of alkyl halides is 1. The Bertz CT molecular complexity index is 431. The molecule has 0 bridgehead atoms. The minimum atomic E-state index is -3.51. The molecular formula is C10H22ClN2O5PS. The zero-order chi connectivity index (χ0) is 15.6. The predicted octanol–water partition coefficient (Wildman–Crippen LogP) is 1.42. The van der Waals surface area contributed by atoms with Crippen LogP contribution in [0.15, 0.2) is 12.7 Å². The molecule has 0 heterocycles. The first-order valence-corrected chi connectivity index (χ1v) is 9.90. The van der Waals surface area contributed by atoms with Crippen LogP contribution in [0.4, 0.5) is 0 Å². The van der Waals surface area contributed by atoms with Crippen molar-refractivity contribution in [3.8, 4) is 0 Å². The van der Waals surface area contributed by atoms with Gasteiger partial charge in [-0.2, -0.15) is 8.42 Å². The largest absolute Gasteiger partial charge is 0.343 e. The summed E-state index contributed by atoms with van der Waals surface area (Å²) in [7, 11) is -5.16. The van der Waals surface area contributed by atoms with Crippen molar-refractivity contribution in [1.82, 2.24) is 9.76 Å². The fraction of sp³-hybridized carbons (Fsp3) is 0.800. The standard InChI is InChI=1S/C10H22ClN2O5PS/c1-4-5-9-17-19(14,13(2)8-6-11)12-7-10-18-20(3,15)16/h4H,1,5-10H2,2-3H3,(H,12,14). The number of hydrogen-bond acceptors (Lipinski definition) is 5. The highest BCUT2D eigenvalue weighted by atomic mass is 35.5. The molecule has 0 saturated heterocycles. The van der Waals surface area contributed by atoms with Gasteiger partial charge in [0.2, 0.25) is 0 Å². The molecule has 0 aliphatic carbocycles. The summed E-state index contributed by atoms with van der Waals surface area (Å²) in [6.07, 6.45) is 3.16. The van der Waals surface area contributed by atoms with E-state index < -0.39 is 17.8 Å². The molecule has 10 heteroatoms. The second kappa shape index (κ2) is 9.89. The SMILES string of the molecule is C=CCCOP(=O)(NCCOS(C)(=O)=O)N(C)CCCl. The molecule has 20 heavy (non-hydrogen) atoms. The highest BCUT2D eigenvalue weighted by Gasteiger charge is 2.28. The smallest absolute Gasteiger partial charge is 0.306 e. The van der Waals surface area contributed by atoms with E-state index in [0.29, 0.717) is 18.8 Å². The molecule has 0 rings (SSSR count). The number of nitrogens with zero attached hydrogens (tertiary/aromatic N) is 1. The van der Waals surface area contributed by atoms with E-state index in [1.165, 1.54) is 4.67 Å². The Labute approximate surface area is 125 Å². The zero-order valence-electron chi connectivity index (χ0n) is 11.7. The molecule has 1 atom stereocenters. The third-order valence-electron chi connectivity index (χ3n) is 2.16. The van der Waals surface area contributed by atoms with Crippen molar-refractivity contribution < 1.29 is 21.7 Å². The second-order valence-corrected chi connectivity index (χ2v) is 8.26. The molecule has 1 N–H and O–H groups in total. The number of hydrogen-bond donors (Lipinski definition) is 1. The molecule has 0 aromatic carbocycles. The summed E-state index contributed by atoms with van der Waals surface area (Å²) in [6, 6.07) is 0. The fourth-order valence-corrected chi connectivity index (χ4v) is 3.54. The molecular weight excluding hydrogens is 327 g/mol. The Morgan fingerprint density at radius 3 is 2.60 bits per heavy atom. The molecule has 0 saturated carbocycles. The van der Waals surface area contributed by atoms with Gasteiger partial charge < -0.3 is 4.52 Å². The van der Waals surface area contributed by atoms with Crippen LogP contribution in [-0.2, 0) is 23.4 Å². The topological polar surface area (TPSA) is 84.9 Å². The second-order valence-electron chi connectivity index (χ2n) is 3.94. The van der Waals surface area contributed by atoms with E-state index in [9.17, 15) is 13.0 Å². The van der Waals surface area contributed by atoms with Crippen LogP contribution in [0.3, 0.4) is 0 Å². The first-order valence-electron chi connectivity index (χ1n) is 5.98. The molecule has 0 amide bonds. The Morgan fingerprint density at radius 2 is 2.10 bits per heavy atom. The summed E-state index contributed by atoms with van der Waals surface area (Å²) < 4.78 is 45.6. The Kier molecular flexibility index (Phi) is 9.92. The van der Waals surface area contributed by atoms with Crippen LogP contribution < -0.4 is 5.09 Å². The van der Waals surface area contributed by atoms with Crippen LogP contribution in [0.5, 0.6) is 0 Å². The number of rotatable bonds is 12. The van der Waals surface area contributed by atoms with E-state index in [1.54, 1.807) is 13.1 Å². The fourth-order valence-electron chi connectivity index (χ4n) is 1.16. The van der Waals surface area contributed by atoms with Gasteiger partial charge in [0.05, 0.1) is 19.5 Å². The Morgan fingerprint density at radius 1 is 1.45 bits per heavy atom. The van der Waals surface area contributed by atoms with Gasteiger partial charge in [-0.3, -0.25) is 8.75 Å². The molecule has 0 fully saturated rings. The monoisotopic (exact) mass is 348 g/mol. The van der Waals surface area contributed by atoms with Crippen LogP contribution >= 0.6 is 19.3 Å². The summed E-state index contributed by atoms with van der Waals surface area (Å²) in [6.45, 7) is 4.12. The first kappa shape index (κ1) is 20.1. The number of nitrogens with one attached hydrogen (secondary N) is 1. The van der Waals surface area contributed by atoms with Crippen LogP contribution in [0, 0.1) is 0 Å². The third-order valence-corrected chi connectivity index (χ3v) is 5.18. The summed E-state index contributed by atoms with van der Waals surface area (Å²) in [5, 5.41) is 2.69. The third kappa shape index (κ3) is 9.07. The van der Waals surface area contributed by atoms with Crippen LogP contribution in [0.2, 0.25) is 0 Å². The zero-order valence-corrected chi connectivity index (χ0v) is 14.2. The van der Waals surface area contributed by atoms with Crippen LogP contribution in [0.25, 0.3) is 0 Å². The molecule has 7 nitrogen and oxygen atoms in total. The van der Waals surface area contributed by atoms with E-state index in [4.69, 9.17) is 16.1 Å². The van der Waals surface area contributed by atoms with Crippen molar-refractivity contribution in [2.24, 2.45) is 0 Å². The lowest BCUT2D eigenvalue weighted by Crippen LogP contribution is -2.30. The van der Waals surface area contributed by atoms with Crippen LogP contribution in [-0.4, -0.2) is 58.6 Å². The van der Waals surface area contributed by atoms with E-state index in [-0.39, 0.29) is 19.8 Å². The maximum Gasteiger partial charge on any atom is 0.343 e. The van der Waals surface area contributed by atoms with Gasteiger partial charge in [-0.15, -0.1) is 18.2 Å². The summed E-state index contributed by atoms with van der Waals surface area (Å²) in [4.78, 5) is 0. The lowest BCUT2D eigenvalue weighted by atomic mass is 10.5. The number of halogens is 1. The highest BCUT2D eigenvalue weighted by Crippen LogP contribution is 2.45. The van der Waals surface area contributed by atoms with Crippen molar-refractivity contribution >= 4 is 29.4 Å². The molecule has 0 spiro atoms. The lowest BCUT2D eigenvalue weighted by molar-refractivity contribution is 0.263. The van der Waals surface area contributed by atoms with Crippen LogP contribution in [0.1, 0.15) is 6.42 Å². The highest BCUT2D eigenvalue weighted by molar-refractivity contribution is 7.85.